The van der Waals surface area contributed by atoms with Crippen molar-refractivity contribution >= 4 is 10.5 Å². The number of rotatable bonds is 2. The van der Waals surface area contributed by atoms with Gasteiger partial charge < -0.3 is 4.43 Å². The monoisotopic (exact) mass is 312 g/mol. The molecular formula is C20H28OSi. The summed E-state index contributed by atoms with van der Waals surface area (Å²) < 4.78 is 5.73. The maximum absolute atomic E-state index is 5.73. The summed E-state index contributed by atoms with van der Waals surface area (Å²) >= 11 is 0. The number of benzene rings is 2. The lowest BCUT2D eigenvalue weighted by molar-refractivity contribution is 0.531. The van der Waals surface area contributed by atoms with E-state index in [0.717, 1.165) is 5.75 Å². The standard InChI is InChI=1S/C20H28OSi/c1-19(2,3)16-12-9-11-15(18(16)20(4,5)6)14-10-7-8-13-17(14)21-22/h7-13H,1-6,22H3. The molecule has 2 aromatic carbocycles. The first-order chi connectivity index (χ1) is 10.2. The van der Waals surface area contributed by atoms with Crippen molar-refractivity contribution in [2.24, 2.45) is 0 Å². The van der Waals surface area contributed by atoms with Gasteiger partial charge in [-0.2, -0.15) is 0 Å². The van der Waals surface area contributed by atoms with Crippen molar-refractivity contribution < 1.29 is 4.43 Å². The summed E-state index contributed by atoms with van der Waals surface area (Å²) in [6.45, 7) is 13.8. The third-order valence-corrected chi connectivity index (χ3v) is 4.46. The normalized spacial score (nSPS) is 12.5. The Morgan fingerprint density at radius 2 is 1.32 bits per heavy atom. The SMILES string of the molecule is CC(C)(C)c1cccc(-c2ccccc2O[SiH3])c1C(C)(C)C. The Balaban J connectivity index is 2.83. The first-order valence-corrected chi connectivity index (χ1v) is 8.75. The largest absolute Gasteiger partial charge is 0.553 e. The third kappa shape index (κ3) is 3.27. The Bertz CT molecular complexity index is 660. The fourth-order valence-corrected chi connectivity index (χ4v) is 3.43. The molecule has 0 atom stereocenters. The van der Waals surface area contributed by atoms with E-state index in [1.54, 1.807) is 0 Å². The van der Waals surface area contributed by atoms with Crippen molar-refractivity contribution in [2.45, 2.75) is 52.4 Å². The van der Waals surface area contributed by atoms with Crippen LogP contribution in [0.2, 0.25) is 0 Å². The Morgan fingerprint density at radius 1 is 0.727 bits per heavy atom. The van der Waals surface area contributed by atoms with Gasteiger partial charge in [0.1, 0.15) is 5.75 Å². The molecule has 0 bridgehead atoms. The second-order valence-electron chi connectivity index (χ2n) is 7.93. The van der Waals surface area contributed by atoms with Crippen molar-refractivity contribution in [2.75, 3.05) is 0 Å². The summed E-state index contributed by atoms with van der Waals surface area (Å²) in [7, 11) is 0.703. The predicted octanol–water partition coefficient (Wildman–Crippen LogP) is 4.61. The lowest BCUT2D eigenvalue weighted by atomic mass is 9.72. The van der Waals surface area contributed by atoms with Gasteiger partial charge in [-0.05, 0) is 33.6 Å². The van der Waals surface area contributed by atoms with E-state index in [0.29, 0.717) is 10.5 Å². The minimum atomic E-state index is 0.0808. The molecule has 0 spiro atoms. The number of hydrogen-bond donors (Lipinski definition) is 0. The molecule has 2 heteroatoms. The highest BCUT2D eigenvalue weighted by Crippen LogP contribution is 2.42. The molecule has 0 radical (unpaired) electrons. The molecular weight excluding hydrogens is 284 g/mol. The molecule has 1 nitrogen and oxygen atoms in total. The zero-order valence-corrected chi connectivity index (χ0v) is 16.9. The highest BCUT2D eigenvalue weighted by Gasteiger charge is 2.28. The van der Waals surface area contributed by atoms with Crippen LogP contribution in [0.3, 0.4) is 0 Å². The summed E-state index contributed by atoms with van der Waals surface area (Å²) in [5, 5.41) is 0. The van der Waals surface area contributed by atoms with E-state index in [1.165, 1.54) is 22.3 Å². The molecule has 0 unspecified atom stereocenters. The number of para-hydroxylation sites is 1. The van der Waals surface area contributed by atoms with Crippen LogP contribution >= 0.6 is 0 Å². The van der Waals surface area contributed by atoms with Gasteiger partial charge in [-0.15, -0.1) is 0 Å². The van der Waals surface area contributed by atoms with Gasteiger partial charge in [0.05, 0.1) is 0 Å². The fraction of sp³-hybridized carbons (Fsp3) is 0.400. The van der Waals surface area contributed by atoms with Crippen molar-refractivity contribution in [3.63, 3.8) is 0 Å². The maximum Gasteiger partial charge on any atom is 0.204 e. The van der Waals surface area contributed by atoms with Crippen molar-refractivity contribution in [1.82, 2.24) is 0 Å². The highest BCUT2D eigenvalue weighted by atomic mass is 28.2. The van der Waals surface area contributed by atoms with Crippen molar-refractivity contribution in [3.05, 3.63) is 53.6 Å². The Labute approximate surface area is 138 Å². The maximum atomic E-state index is 5.73. The van der Waals surface area contributed by atoms with Crippen LogP contribution in [0, 0.1) is 0 Å². The third-order valence-electron chi connectivity index (χ3n) is 4.02. The van der Waals surface area contributed by atoms with Gasteiger partial charge in [0.15, 0.2) is 0 Å². The summed E-state index contributed by atoms with van der Waals surface area (Å²) in [6.07, 6.45) is 0. The van der Waals surface area contributed by atoms with Crippen LogP contribution in [-0.4, -0.2) is 10.5 Å². The number of hydrogen-bond acceptors (Lipinski definition) is 1. The van der Waals surface area contributed by atoms with Crippen LogP contribution in [0.1, 0.15) is 52.7 Å². The van der Waals surface area contributed by atoms with E-state index in [-0.39, 0.29) is 10.8 Å². The van der Waals surface area contributed by atoms with Crippen LogP contribution in [0.5, 0.6) is 5.75 Å². The van der Waals surface area contributed by atoms with E-state index in [4.69, 9.17) is 4.43 Å². The lowest BCUT2D eigenvalue weighted by Gasteiger charge is -2.32. The van der Waals surface area contributed by atoms with Gasteiger partial charge in [0, 0.05) is 5.56 Å². The molecule has 22 heavy (non-hydrogen) atoms. The van der Waals surface area contributed by atoms with Gasteiger partial charge in [-0.3, -0.25) is 0 Å². The zero-order chi connectivity index (χ0) is 16.5. The van der Waals surface area contributed by atoms with E-state index in [2.05, 4.69) is 77.9 Å². The lowest BCUT2D eigenvalue weighted by Crippen LogP contribution is -2.23. The molecule has 0 saturated carbocycles. The quantitative estimate of drug-likeness (QED) is 0.736. The first-order valence-electron chi connectivity index (χ1n) is 7.93. The van der Waals surface area contributed by atoms with E-state index in [9.17, 15) is 0 Å². The van der Waals surface area contributed by atoms with Crippen molar-refractivity contribution in [3.8, 4) is 16.9 Å². The summed E-state index contributed by atoms with van der Waals surface area (Å²) in [5.41, 5.74) is 5.54. The van der Waals surface area contributed by atoms with Crippen LogP contribution in [0.4, 0.5) is 0 Å². The molecule has 2 aromatic rings. The Kier molecular flexibility index (Phi) is 4.53. The molecule has 2 rings (SSSR count). The van der Waals surface area contributed by atoms with Crippen LogP contribution in [0.25, 0.3) is 11.1 Å². The van der Waals surface area contributed by atoms with Crippen LogP contribution < -0.4 is 4.43 Å². The molecule has 0 saturated heterocycles. The second-order valence-corrected chi connectivity index (χ2v) is 8.34. The summed E-state index contributed by atoms with van der Waals surface area (Å²) in [6, 6.07) is 15.1. The molecule has 0 N–H and O–H groups in total. The molecule has 118 valence electrons. The van der Waals surface area contributed by atoms with Gasteiger partial charge in [-0.25, -0.2) is 0 Å². The Morgan fingerprint density at radius 3 is 1.86 bits per heavy atom. The molecule has 0 amide bonds. The smallest absolute Gasteiger partial charge is 0.204 e. The molecule has 0 aromatic heterocycles. The second kappa shape index (κ2) is 5.92. The zero-order valence-electron chi connectivity index (χ0n) is 14.9. The van der Waals surface area contributed by atoms with Gasteiger partial charge >= 0.3 is 0 Å². The minimum Gasteiger partial charge on any atom is -0.553 e. The molecule has 0 fully saturated rings. The minimum absolute atomic E-state index is 0.0808. The van der Waals surface area contributed by atoms with E-state index in [1.807, 2.05) is 6.07 Å². The van der Waals surface area contributed by atoms with E-state index < -0.39 is 0 Å². The summed E-state index contributed by atoms with van der Waals surface area (Å²) in [5.74, 6) is 0.991. The molecule has 0 aliphatic heterocycles. The van der Waals surface area contributed by atoms with Crippen molar-refractivity contribution in [1.29, 1.82) is 0 Å². The first kappa shape index (κ1) is 16.8. The Hall–Kier alpha value is -1.54. The van der Waals surface area contributed by atoms with Crippen LogP contribution in [-0.2, 0) is 10.8 Å². The highest BCUT2D eigenvalue weighted by molar-refractivity contribution is 6.00. The van der Waals surface area contributed by atoms with Crippen LogP contribution in [0.15, 0.2) is 42.5 Å². The average molecular weight is 313 g/mol. The van der Waals surface area contributed by atoms with Gasteiger partial charge in [-0.1, -0.05) is 77.9 Å². The fourth-order valence-electron chi connectivity index (χ4n) is 3.08. The molecule has 0 heterocycles. The molecule has 0 aliphatic carbocycles. The van der Waals surface area contributed by atoms with E-state index >= 15 is 0 Å². The average Bonchev–Trinajstić information content (AvgIpc) is 2.44. The topological polar surface area (TPSA) is 9.23 Å². The predicted molar refractivity (Wildman–Crippen MR) is 99.8 cm³/mol. The molecule has 0 aliphatic rings. The van der Waals surface area contributed by atoms with Gasteiger partial charge in [0.25, 0.3) is 0 Å². The van der Waals surface area contributed by atoms with Gasteiger partial charge in [0.2, 0.25) is 10.5 Å². The summed E-state index contributed by atoms with van der Waals surface area (Å²) in [4.78, 5) is 0.